The molecule has 2 rings (SSSR count). The minimum atomic E-state index is -0.108. The van der Waals surface area contributed by atoms with E-state index in [-0.39, 0.29) is 25.2 Å². The van der Waals surface area contributed by atoms with Crippen molar-refractivity contribution in [2.24, 2.45) is 0 Å². The van der Waals surface area contributed by atoms with Gasteiger partial charge in [0.2, 0.25) is 0 Å². The number of nitrogens with zero attached hydrogens (tertiary/aromatic N) is 2. The van der Waals surface area contributed by atoms with Gasteiger partial charge < -0.3 is 20.0 Å². The zero-order valence-electron chi connectivity index (χ0n) is 13.1. The lowest BCUT2D eigenvalue weighted by molar-refractivity contribution is 0.0673. The molecule has 1 amide bonds. The van der Waals surface area contributed by atoms with Gasteiger partial charge in [0.1, 0.15) is 0 Å². The summed E-state index contributed by atoms with van der Waals surface area (Å²) < 4.78 is 0. The van der Waals surface area contributed by atoms with Gasteiger partial charge in [0.25, 0.3) is 5.91 Å². The van der Waals surface area contributed by atoms with Crippen molar-refractivity contribution in [1.82, 2.24) is 9.80 Å². The Kier molecular flexibility index (Phi) is 6.26. The third-order valence-corrected chi connectivity index (χ3v) is 5.05. The Labute approximate surface area is 135 Å². The van der Waals surface area contributed by atoms with Crippen molar-refractivity contribution in [3.05, 3.63) is 29.8 Å². The SMILES string of the molecule is CN(C)[C@@H]1C[C@@H](CO)N(C(=O)c2ccc(SCCO)cc2)C1. The zero-order chi connectivity index (χ0) is 16.1. The highest BCUT2D eigenvalue weighted by Crippen LogP contribution is 2.24. The van der Waals surface area contributed by atoms with Gasteiger partial charge in [-0.2, -0.15) is 0 Å². The summed E-state index contributed by atoms with van der Waals surface area (Å²) in [4.78, 5) is 17.6. The standard InChI is InChI=1S/C16H24N2O3S/c1-17(2)13-9-14(11-20)18(10-13)16(21)12-3-5-15(6-4-12)22-8-7-19/h3-6,13-14,19-20H,7-11H2,1-2H3/t13-,14+/m1/s1. The molecule has 2 atom stereocenters. The smallest absolute Gasteiger partial charge is 0.254 e. The van der Waals surface area contributed by atoms with E-state index in [2.05, 4.69) is 4.90 Å². The van der Waals surface area contributed by atoms with Crippen LogP contribution in [0.2, 0.25) is 0 Å². The Morgan fingerprint density at radius 3 is 2.55 bits per heavy atom. The van der Waals surface area contributed by atoms with Crippen LogP contribution in [0.25, 0.3) is 0 Å². The highest BCUT2D eigenvalue weighted by molar-refractivity contribution is 7.99. The number of thioether (sulfide) groups is 1. The molecular weight excluding hydrogens is 300 g/mol. The molecule has 1 saturated heterocycles. The first-order valence-corrected chi connectivity index (χ1v) is 8.47. The summed E-state index contributed by atoms with van der Waals surface area (Å²) in [7, 11) is 4.00. The van der Waals surface area contributed by atoms with Crippen LogP contribution < -0.4 is 0 Å². The molecule has 0 spiro atoms. The average Bonchev–Trinajstić information content (AvgIpc) is 2.97. The maximum Gasteiger partial charge on any atom is 0.254 e. The monoisotopic (exact) mass is 324 g/mol. The van der Waals surface area contributed by atoms with Crippen LogP contribution >= 0.6 is 11.8 Å². The van der Waals surface area contributed by atoms with E-state index in [0.717, 1.165) is 11.3 Å². The number of aliphatic hydroxyl groups excluding tert-OH is 2. The number of likely N-dealkylation sites (tertiary alicyclic amines) is 1. The van der Waals surface area contributed by atoms with Gasteiger partial charge in [-0.05, 0) is 44.8 Å². The van der Waals surface area contributed by atoms with Crippen LogP contribution in [-0.2, 0) is 0 Å². The second-order valence-corrected chi connectivity index (χ2v) is 6.91. The van der Waals surface area contributed by atoms with Crippen LogP contribution in [-0.4, -0.2) is 77.6 Å². The molecule has 2 N–H and O–H groups in total. The summed E-state index contributed by atoms with van der Waals surface area (Å²) >= 11 is 1.56. The summed E-state index contributed by atoms with van der Waals surface area (Å²) in [5.41, 5.74) is 0.645. The number of carbonyl (C=O) groups excluding carboxylic acids is 1. The summed E-state index contributed by atoms with van der Waals surface area (Å²) in [5.74, 6) is 0.623. The van der Waals surface area contributed by atoms with Gasteiger partial charge in [-0.3, -0.25) is 4.79 Å². The van der Waals surface area contributed by atoms with Gasteiger partial charge in [0, 0.05) is 28.8 Å². The first-order chi connectivity index (χ1) is 10.6. The average molecular weight is 324 g/mol. The minimum absolute atomic E-state index is 0.000511. The molecule has 1 aromatic carbocycles. The van der Waals surface area contributed by atoms with E-state index in [1.165, 1.54) is 0 Å². The fraction of sp³-hybridized carbons (Fsp3) is 0.562. The van der Waals surface area contributed by atoms with Gasteiger partial charge in [0.15, 0.2) is 0 Å². The third kappa shape index (κ3) is 4.01. The number of carbonyl (C=O) groups is 1. The topological polar surface area (TPSA) is 64.0 Å². The normalized spacial score (nSPS) is 21.6. The van der Waals surface area contributed by atoms with Gasteiger partial charge >= 0.3 is 0 Å². The molecule has 1 aliphatic heterocycles. The van der Waals surface area contributed by atoms with Crippen molar-refractivity contribution >= 4 is 17.7 Å². The Balaban J connectivity index is 2.06. The van der Waals surface area contributed by atoms with E-state index in [0.29, 0.717) is 23.9 Å². The van der Waals surface area contributed by atoms with Crippen LogP contribution in [0.4, 0.5) is 0 Å². The van der Waals surface area contributed by atoms with Crippen molar-refractivity contribution in [2.75, 3.05) is 39.6 Å². The fourth-order valence-electron chi connectivity index (χ4n) is 2.71. The predicted octanol–water partition coefficient (Wildman–Crippen LogP) is 0.908. The van der Waals surface area contributed by atoms with E-state index in [9.17, 15) is 9.90 Å². The largest absolute Gasteiger partial charge is 0.396 e. The minimum Gasteiger partial charge on any atom is -0.396 e. The van der Waals surface area contributed by atoms with Crippen LogP contribution in [0.5, 0.6) is 0 Å². The lowest BCUT2D eigenvalue weighted by Gasteiger charge is -2.23. The molecule has 0 aromatic heterocycles. The number of hydrogen-bond acceptors (Lipinski definition) is 5. The van der Waals surface area contributed by atoms with Gasteiger partial charge in [-0.1, -0.05) is 0 Å². The van der Waals surface area contributed by atoms with E-state index < -0.39 is 0 Å². The molecule has 0 unspecified atom stereocenters. The lowest BCUT2D eigenvalue weighted by atomic mass is 10.1. The van der Waals surface area contributed by atoms with Crippen molar-refractivity contribution in [2.45, 2.75) is 23.4 Å². The molecule has 6 heteroatoms. The van der Waals surface area contributed by atoms with Crippen LogP contribution in [0.3, 0.4) is 0 Å². The summed E-state index contributed by atoms with van der Waals surface area (Å²) in [6.07, 6.45) is 0.805. The molecule has 1 aromatic rings. The highest BCUT2D eigenvalue weighted by Gasteiger charge is 2.35. The van der Waals surface area contributed by atoms with Crippen LogP contribution in [0.15, 0.2) is 29.2 Å². The van der Waals surface area contributed by atoms with Crippen molar-refractivity contribution in [3.63, 3.8) is 0 Å². The molecule has 1 aliphatic rings. The Bertz CT molecular complexity index is 493. The number of rotatable bonds is 6. The molecule has 1 fully saturated rings. The number of amides is 1. The van der Waals surface area contributed by atoms with Crippen LogP contribution in [0, 0.1) is 0 Å². The fourth-order valence-corrected chi connectivity index (χ4v) is 3.37. The first kappa shape index (κ1) is 17.3. The maximum absolute atomic E-state index is 12.7. The highest BCUT2D eigenvalue weighted by atomic mass is 32.2. The van der Waals surface area contributed by atoms with E-state index >= 15 is 0 Å². The Morgan fingerprint density at radius 2 is 2.00 bits per heavy atom. The summed E-state index contributed by atoms with van der Waals surface area (Å²) in [6, 6.07) is 7.63. The van der Waals surface area contributed by atoms with E-state index in [4.69, 9.17) is 5.11 Å². The van der Waals surface area contributed by atoms with E-state index in [1.807, 2.05) is 38.4 Å². The van der Waals surface area contributed by atoms with Crippen molar-refractivity contribution < 1.29 is 15.0 Å². The zero-order valence-corrected chi connectivity index (χ0v) is 13.9. The number of aliphatic hydroxyl groups is 2. The summed E-state index contributed by atoms with van der Waals surface area (Å²) in [6.45, 7) is 0.793. The van der Waals surface area contributed by atoms with Gasteiger partial charge in [-0.15, -0.1) is 11.8 Å². The van der Waals surface area contributed by atoms with Gasteiger partial charge in [-0.25, -0.2) is 0 Å². The third-order valence-electron chi connectivity index (χ3n) is 4.06. The summed E-state index contributed by atoms with van der Waals surface area (Å²) in [5, 5.41) is 18.4. The van der Waals surface area contributed by atoms with Crippen LogP contribution in [0.1, 0.15) is 16.8 Å². The number of hydrogen-bond donors (Lipinski definition) is 2. The lowest BCUT2D eigenvalue weighted by Crippen LogP contribution is -2.38. The molecule has 0 aliphatic carbocycles. The number of benzene rings is 1. The Morgan fingerprint density at radius 1 is 1.32 bits per heavy atom. The molecule has 22 heavy (non-hydrogen) atoms. The molecule has 0 bridgehead atoms. The van der Waals surface area contributed by atoms with Gasteiger partial charge in [0.05, 0.1) is 19.3 Å². The predicted molar refractivity (Wildman–Crippen MR) is 88.3 cm³/mol. The molecule has 5 nitrogen and oxygen atoms in total. The van der Waals surface area contributed by atoms with Crippen molar-refractivity contribution in [1.29, 1.82) is 0 Å². The molecular formula is C16H24N2O3S. The molecule has 0 radical (unpaired) electrons. The van der Waals surface area contributed by atoms with E-state index in [1.54, 1.807) is 16.7 Å². The Hall–Kier alpha value is -1.08. The second kappa shape index (κ2) is 7.97. The number of likely N-dealkylation sites (N-methyl/N-ethyl adjacent to an activating group) is 1. The molecule has 0 saturated carbocycles. The molecule has 122 valence electrons. The first-order valence-electron chi connectivity index (χ1n) is 7.48. The maximum atomic E-state index is 12.7. The van der Waals surface area contributed by atoms with Crippen molar-refractivity contribution in [3.8, 4) is 0 Å². The molecule has 1 heterocycles. The quantitative estimate of drug-likeness (QED) is 0.762. The second-order valence-electron chi connectivity index (χ2n) is 5.74.